The van der Waals surface area contributed by atoms with E-state index in [-0.39, 0.29) is 11.1 Å². The van der Waals surface area contributed by atoms with Gasteiger partial charge in [0, 0.05) is 23.1 Å². The number of nitrogens with zero attached hydrogens (tertiary/aromatic N) is 1. The van der Waals surface area contributed by atoms with Crippen LogP contribution in [-0.2, 0) is 7.05 Å². The molecule has 0 fully saturated rings. The maximum atomic E-state index is 15.0. The number of hydrogen-bond acceptors (Lipinski definition) is 1. The molecule has 2 nitrogen and oxygen atoms in total. The molecular weight excluding hydrogens is 392 g/mol. The minimum Gasteiger partial charge on any atom is -0.454 e. The van der Waals surface area contributed by atoms with E-state index in [2.05, 4.69) is 26.1 Å². The Morgan fingerprint density at radius 2 is 1.48 bits per heavy atom. The summed E-state index contributed by atoms with van der Waals surface area (Å²) < 4.78 is 38.3. The van der Waals surface area contributed by atoms with E-state index in [9.17, 15) is 4.39 Å². The number of halogens is 2. The second kappa shape index (κ2) is 7.02. The van der Waals surface area contributed by atoms with E-state index in [4.69, 9.17) is 4.42 Å². The lowest BCUT2D eigenvalue weighted by Crippen LogP contribution is -2.31. The Labute approximate surface area is 179 Å². The fourth-order valence-electron chi connectivity index (χ4n) is 4.36. The lowest BCUT2D eigenvalue weighted by atomic mass is 9.97. The van der Waals surface area contributed by atoms with Crippen molar-refractivity contribution >= 4 is 21.9 Å². The molecule has 4 heteroatoms. The molecule has 0 spiro atoms. The van der Waals surface area contributed by atoms with Gasteiger partial charge >= 0.3 is 0 Å². The summed E-state index contributed by atoms with van der Waals surface area (Å²) in [5.41, 5.74) is 6.92. The third kappa shape index (κ3) is 2.94. The van der Waals surface area contributed by atoms with E-state index >= 15 is 4.39 Å². The quantitative estimate of drug-likeness (QED) is 0.286. The number of aryl methyl sites for hydroxylation is 4. The van der Waals surface area contributed by atoms with Crippen molar-refractivity contribution < 1.29 is 17.8 Å². The SMILES string of the molecule is Cc1cc(-c2c(C)ccc3c2oc2c(-c4ccccc4)c(F)cc(F)c23)[n+](C)cc1C. The Kier molecular flexibility index (Phi) is 4.40. The number of pyridine rings is 1. The third-order valence-electron chi connectivity index (χ3n) is 6.09. The number of furan rings is 1. The van der Waals surface area contributed by atoms with E-state index in [0.29, 0.717) is 21.9 Å². The Hall–Kier alpha value is -3.53. The first kappa shape index (κ1) is 19.4. The molecule has 0 aliphatic rings. The molecule has 0 amide bonds. The maximum Gasteiger partial charge on any atom is 0.216 e. The van der Waals surface area contributed by atoms with Crippen molar-refractivity contribution in [2.45, 2.75) is 20.8 Å². The Morgan fingerprint density at radius 1 is 0.742 bits per heavy atom. The number of fused-ring (bicyclic) bond motifs is 3. The van der Waals surface area contributed by atoms with E-state index in [1.54, 1.807) is 12.1 Å². The molecule has 0 aliphatic heterocycles. The summed E-state index contributed by atoms with van der Waals surface area (Å²) in [5.74, 6) is -1.25. The van der Waals surface area contributed by atoms with Crippen LogP contribution in [0.1, 0.15) is 16.7 Å². The Balaban J connectivity index is 1.94. The minimum atomic E-state index is -0.634. The predicted octanol–water partition coefficient (Wildman–Crippen LogP) is 6.95. The van der Waals surface area contributed by atoms with Crippen LogP contribution in [0.2, 0.25) is 0 Å². The molecule has 0 saturated heterocycles. The summed E-state index contributed by atoms with van der Waals surface area (Å²) in [4.78, 5) is 0. The van der Waals surface area contributed by atoms with Gasteiger partial charge in [0.2, 0.25) is 5.69 Å². The number of benzene rings is 3. The minimum absolute atomic E-state index is 0.233. The molecule has 0 aliphatic carbocycles. The molecule has 3 aromatic carbocycles. The second-order valence-electron chi connectivity index (χ2n) is 8.16. The molecule has 5 rings (SSSR count). The summed E-state index contributed by atoms with van der Waals surface area (Å²) in [5, 5.41) is 0.950. The van der Waals surface area contributed by atoms with Crippen molar-refractivity contribution in [3.05, 3.63) is 89.1 Å². The first-order chi connectivity index (χ1) is 14.9. The summed E-state index contributed by atoms with van der Waals surface area (Å²) in [6.45, 7) is 6.14. The molecule has 0 bridgehead atoms. The van der Waals surface area contributed by atoms with Gasteiger partial charge in [-0.05, 0) is 37.5 Å². The second-order valence-corrected chi connectivity index (χ2v) is 8.16. The molecular formula is C27H22F2NO+. The van der Waals surface area contributed by atoms with Crippen LogP contribution in [-0.4, -0.2) is 0 Å². The molecule has 2 aromatic heterocycles. The highest BCUT2D eigenvalue weighted by Crippen LogP contribution is 2.42. The molecule has 154 valence electrons. The van der Waals surface area contributed by atoms with Gasteiger partial charge < -0.3 is 4.42 Å². The summed E-state index contributed by atoms with van der Waals surface area (Å²) in [6.07, 6.45) is 2.07. The topological polar surface area (TPSA) is 17.0 Å². The van der Waals surface area contributed by atoms with Crippen molar-refractivity contribution in [2.24, 2.45) is 7.05 Å². The highest BCUT2D eigenvalue weighted by Gasteiger charge is 2.25. The third-order valence-corrected chi connectivity index (χ3v) is 6.09. The zero-order valence-corrected chi connectivity index (χ0v) is 17.9. The van der Waals surface area contributed by atoms with Gasteiger partial charge in [0.15, 0.2) is 6.20 Å². The fraction of sp³-hybridized carbons (Fsp3) is 0.148. The van der Waals surface area contributed by atoms with Crippen LogP contribution in [0.15, 0.2) is 65.2 Å². The monoisotopic (exact) mass is 414 g/mol. The molecule has 5 aromatic rings. The zero-order valence-electron chi connectivity index (χ0n) is 17.9. The van der Waals surface area contributed by atoms with E-state index in [1.165, 1.54) is 5.56 Å². The van der Waals surface area contributed by atoms with Gasteiger partial charge in [-0.15, -0.1) is 0 Å². The normalized spacial score (nSPS) is 11.5. The number of aromatic nitrogens is 1. The van der Waals surface area contributed by atoms with Crippen LogP contribution in [0.25, 0.3) is 44.3 Å². The molecule has 0 unspecified atom stereocenters. The van der Waals surface area contributed by atoms with E-state index < -0.39 is 11.6 Å². The van der Waals surface area contributed by atoms with Crippen LogP contribution in [0.4, 0.5) is 8.78 Å². The number of hydrogen-bond donors (Lipinski definition) is 0. The highest BCUT2D eigenvalue weighted by atomic mass is 19.1. The van der Waals surface area contributed by atoms with Crippen LogP contribution < -0.4 is 4.57 Å². The van der Waals surface area contributed by atoms with Gasteiger partial charge in [-0.25, -0.2) is 13.3 Å². The average Bonchev–Trinajstić information content (AvgIpc) is 3.11. The van der Waals surface area contributed by atoms with Gasteiger partial charge in [0.1, 0.15) is 29.8 Å². The lowest BCUT2D eigenvalue weighted by molar-refractivity contribution is -0.660. The molecule has 0 N–H and O–H groups in total. The van der Waals surface area contributed by atoms with Crippen molar-refractivity contribution in [2.75, 3.05) is 0 Å². The predicted molar refractivity (Wildman–Crippen MR) is 120 cm³/mol. The molecule has 0 saturated carbocycles. The fourth-order valence-corrected chi connectivity index (χ4v) is 4.36. The van der Waals surface area contributed by atoms with Crippen molar-refractivity contribution in [1.29, 1.82) is 0 Å². The Morgan fingerprint density at radius 3 is 2.23 bits per heavy atom. The molecule has 2 heterocycles. The standard InChI is InChI=1S/C27H22F2NO/c1-15-10-11-19-25-21(29)13-20(28)24(18-8-6-5-7-9-18)27(25)31-26(19)23(15)22-12-16(2)17(3)14-30(22)4/h5-14H,1-4H3/q+1. The summed E-state index contributed by atoms with van der Waals surface area (Å²) in [7, 11) is 1.98. The van der Waals surface area contributed by atoms with Crippen LogP contribution >= 0.6 is 0 Å². The van der Waals surface area contributed by atoms with Gasteiger partial charge in [-0.3, -0.25) is 0 Å². The van der Waals surface area contributed by atoms with Crippen LogP contribution in [0.5, 0.6) is 0 Å². The molecule has 0 radical (unpaired) electrons. The van der Waals surface area contributed by atoms with Crippen LogP contribution in [0, 0.1) is 32.4 Å². The van der Waals surface area contributed by atoms with Gasteiger partial charge in [-0.1, -0.05) is 42.5 Å². The average molecular weight is 414 g/mol. The van der Waals surface area contributed by atoms with Gasteiger partial charge in [0.25, 0.3) is 0 Å². The van der Waals surface area contributed by atoms with Gasteiger partial charge in [-0.2, -0.15) is 0 Å². The lowest BCUT2D eigenvalue weighted by Gasteiger charge is -2.07. The first-order valence-electron chi connectivity index (χ1n) is 10.2. The first-order valence-corrected chi connectivity index (χ1v) is 10.2. The van der Waals surface area contributed by atoms with Crippen molar-refractivity contribution in [3.8, 4) is 22.4 Å². The Bertz CT molecular complexity index is 1480. The van der Waals surface area contributed by atoms with Crippen molar-refractivity contribution in [1.82, 2.24) is 0 Å². The van der Waals surface area contributed by atoms with Crippen LogP contribution in [0.3, 0.4) is 0 Å². The maximum absolute atomic E-state index is 15.0. The van der Waals surface area contributed by atoms with E-state index in [1.807, 2.05) is 48.9 Å². The number of rotatable bonds is 2. The largest absolute Gasteiger partial charge is 0.454 e. The molecule has 31 heavy (non-hydrogen) atoms. The smallest absolute Gasteiger partial charge is 0.216 e. The zero-order chi connectivity index (χ0) is 21.9. The highest BCUT2D eigenvalue weighted by molar-refractivity contribution is 6.13. The molecule has 0 atom stereocenters. The summed E-state index contributed by atoms with van der Waals surface area (Å²) >= 11 is 0. The van der Waals surface area contributed by atoms with E-state index in [0.717, 1.165) is 28.5 Å². The van der Waals surface area contributed by atoms with Gasteiger partial charge in [0.05, 0.1) is 16.5 Å². The summed E-state index contributed by atoms with van der Waals surface area (Å²) in [6, 6.07) is 16.0. The van der Waals surface area contributed by atoms with Crippen molar-refractivity contribution in [3.63, 3.8) is 0 Å².